The predicted molar refractivity (Wildman–Crippen MR) is 82.7 cm³/mol. The van der Waals surface area contributed by atoms with Gasteiger partial charge in [-0.1, -0.05) is 30.2 Å². The summed E-state index contributed by atoms with van der Waals surface area (Å²) in [5.41, 5.74) is 1.00. The molecule has 0 spiro atoms. The molecular formula is C15H22N6. The van der Waals surface area contributed by atoms with Gasteiger partial charge in [0.2, 0.25) is 0 Å². The molecule has 1 aromatic carbocycles. The van der Waals surface area contributed by atoms with Gasteiger partial charge in [0.1, 0.15) is 0 Å². The van der Waals surface area contributed by atoms with Gasteiger partial charge in [0, 0.05) is 19.1 Å². The third kappa shape index (κ3) is 3.05. The van der Waals surface area contributed by atoms with Gasteiger partial charge < -0.3 is 10.2 Å². The largest absolute Gasteiger partial charge is 0.335 e. The Hall–Kier alpha value is -1.95. The van der Waals surface area contributed by atoms with Gasteiger partial charge in [-0.2, -0.15) is 4.68 Å². The van der Waals surface area contributed by atoms with E-state index in [1.807, 2.05) is 35.0 Å². The summed E-state index contributed by atoms with van der Waals surface area (Å²) in [4.78, 5) is 2.33. The number of tetrazole rings is 1. The standard InChI is InChI=1S/C15H22N6/c1-2-10-16-12-14-9-6-11-20(14)15-17-18-19-21(15)13-7-4-3-5-8-13/h3-5,7-8,14,16H,2,6,9-12H2,1H3. The van der Waals surface area contributed by atoms with Gasteiger partial charge in [0.15, 0.2) is 0 Å². The molecule has 2 aromatic rings. The van der Waals surface area contributed by atoms with Crippen LogP contribution in [0.2, 0.25) is 0 Å². The molecule has 1 aromatic heterocycles. The van der Waals surface area contributed by atoms with E-state index in [4.69, 9.17) is 0 Å². The van der Waals surface area contributed by atoms with Crippen LogP contribution in [0.3, 0.4) is 0 Å². The topological polar surface area (TPSA) is 58.9 Å². The average Bonchev–Trinajstić information content (AvgIpc) is 3.16. The van der Waals surface area contributed by atoms with Crippen molar-refractivity contribution in [3.63, 3.8) is 0 Å². The molecule has 112 valence electrons. The van der Waals surface area contributed by atoms with E-state index in [1.54, 1.807) is 0 Å². The highest BCUT2D eigenvalue weighted by Crippen LogP contribution is 2.24. The van der Waals surface area contributed by atoms with Crippen LogP contribution < -0.4 is 10.2 Å². The van der Waals surface area contributed by atoms with Crippen LogP contribution >= 0.6 is 0 Å². The van der Waals surface area contributed by atoms with Crippen LogP contribution in [0.25, 0.3) is 5.69 Å². The van der Waals surface area contributed by atoms with Crippen LogP contribution in [0.15, 0.2) is 30.3 Å². The van der Waals surface area contributed by atoms with Crippen LogP contribution in [0, 0.1) is 0 Å². The molecule has 0 amide bonds. The summed E-state index contributed by atoms with van der Waals surface area (Å²) < 4.78 is 1.83. The Morgan fingerprint density at radius 1 is 1.29 bits per heavy atom. The molecule has 0 aliphatic carbocycles. The smallest absolute Gasteiger partial charge is 0.250 e. The molecule has 0 bridgehead atoms. The molecule has 0 radical (unpaired) electrons. The highest BCUT2D eigenvalue weighted by Gasteiger charge is 2.28. The maximum atomic E-state index is 4.25. The molecule has 21 heavy (non-hydrogen) atoms. The fraction of sp³-hybridized carbons (Fsp3) is 0.533. The number of rotatable bonds is 6. The maximum absolute atomic E-state index is 4.25. The number of nitrogens with one attached hydrogen (secondary N) is 1. The van der Waals surface area contributed by atoms with Crippen molar-refractivity contribution in [2.75, 3.05) is 24.5 Å². The first-order chi connectivity index (χ1) is 10.4. The zero-order valence-corrected chi connectivity index (χ0v) is 12.4. The highest BCUT2D eigenvalue weighted by atomic mass is 15.6. The van der Waals surface area contributed by atoms with Crippen molar-refractivity contribution in [1.29, 1.82) is 0 Å². The first-order valence-corrected chi connectivity index (χ1v) is 7.71. The number of nitrogens with zero attached hydrogens (tertiary/aromatic N) is 5. The molecule has 1 atom stereocenters. The molecule has 1 unspecified atom stereocenters. The average molecular weight is 286 g/mol. The fourth-order valence-corrected chi connectivity index (χ4v) is 2.85. The Kier molecular flexibility index (Phi) is 4.45. The Balaban J connectivity index is 1.79. The molecule has 1 fully saturated rings. The molecular weight excluding hydrogens is 264 g/mol. The van der Waals surface area contributed by atoms with Crippen LogP contribution in [0.5, 0.6) is 0 Å². The fourth-order valence-electron chi connectivity index (χ4n) is 2.85. The summed E-state index contributed by atoms with van der Waals surface area (Å²) in [6.07, 6.45) is 3.55. The van der Waals surface area contributed by atoms with Crippen LogP contribution in [-0.2, 0) is 0 Å². The summed E-state index contributed by atoms with van der Waals surface area (Å²) in [6, 6.07) is 10.5. The predicted octanol–water partition coefficient (Wildman–Crippen LogP) is 1.63. The molecule has 1 N–H and O–H groups in total. The van der Waals surface area contributed by atoms with Gasteiger partial charge in [-0.05, 0) is 48.4 Å². The minimum Gasteiger partial charge on any atom is -0.335 e. The van der Waals surface area contributed by atoms with Gasteiger partial charge in [-0.25, -0.2) is 0 Å². The molecule has 1 saturated heterocycles. The van der Waals surface area contributed by atoms with Gasteiger partial charge in [-0.3, -0.25) is 0 Å². The number of hydrogen-bond acceptors (Lipinski definition) is 5. The van der Waals surface area contributed by atoms with Gasteiger partial charge in [0.25, 0.3) is 5.95 Å². The van der Waals surface area contributed by atoms with E-state index in [0.717, 1.165) is 37.7 Å². The van der Waals surface area contributed by atoms with Crippen molar-refractivity contribution in [2.24, 2.45) is 0 Å². The Morgan fingerprint density at radius 3 is 2.95 bits per heavy atom. The molecule has 6 nitrogen and oxygen atoms in total. The van der Waals surface area contributed by atoms with E-state index >= 15 is 0 Å². The zero-order chi connectivity index (χ0) is 14.5. The SMILES string of the molecule is CCCNCC1CCCN1c1nnnn1-c1ccccc1. The Bertz CT molecular complexity index is 552. The van der Waals surface area contributed by atoms with Crippen molar-refractivity contribution < 1.29 is 0 Å². The van der Waals surface area contributed by atoms with Crippen LogP contribution in [0.4, 0.5) is 5.95 Å². The number of anilines is 1. The molecule has 0 saturated carbocycles. The van der Waals surface area contributed by atoms with Crippen molar-refractivity contribution in [3.05, 3.63) is 30.3 Å². The van der Waals surface area contributed by atoms with E-state index in [1.165, 1.54) is 12.8 Å². The quantitative estimate of drug-likeness (QED) is 0.818. The zero-order valence-electron chi connectivity index (χ0n) is 12.4. The molecule has 1 aliphatic heterocycles. The van der Waals surface area contributed by atoms with Crippen molar-refractivity contribution in [1.82, 2.24) is 25.5 Å². The monoisotopic (exact) mass is 286 g/mol. The lowest BCUT2D eigenvalue weighted by molar-refractivity contribution is 0.562. The molecule has 1 aliphatic rings. The van der Waals surface area contributed by atoms with Crippen molar-refractivity contribution >= 4 is 5.95 Å². The lowest BCUT2D eigenvalue weighted by Gasteiger charge is -2.25. The summed E-state index contributed by atoms with van der Waals surface area (Å²) >= 11 is 0. The third-order valence-corrected chi connectivity index (χ3v) is 3.89. The van der Waals surface area contributed by atoms with Crippen LogP contribution in [0.1, 0.15) is 26.2 Å². The first kappa shape index (κ1) is 14.0. The molecule has 6 heteroatoms. The minimum atomic E-state index is 0.477. The maximum Gasteiger partial charge on any atom is 0.250 e. The van der Waals surface area contributed by atoms with E-state index < -0.39 is 0 Å². The molecule has 2 heterocycles. The van der Waals surface area contributed by atoms with E-state index in [2.05, 4.69) is 32.7 Å². The van der Waals surface area contributed by atoms with Gasteiger partial charge in [-0.15, -0.1) is 0 Å². The minimum absolute atomic E-state index is 0.477. The van der Waals surface area contributed by atoms with E-state index in [-0.39, 0.29) is 0 Å². The lowest BCUT2D eigenvalue weighted by Crippen LogP contribution is -2.39. The van der Waals surface area contributed by atoms with E-state index in [0.29, 0.717) is 6.04 Å². The summed E-state index contributed by atoms with van der Waals surface area (Å²) in [5, 5.41) is 15.8. The number of hydrogen-bond donors (Lipinski definition) is 1. The number of benzene rings is 1. The van der Waals surface area contributed by atoms with Crippen LogP contribution in [-0.4, -0.2) is 45.9 Å². The normalized spacial score (nSPS) is 18.3. The van der Waals surface area contributed by atoms with Crippen molar-refractivity contribution in [3.8, 4) is 5.69 Å². The second-order valence-electron chi connectivity index (χ2n) is 5.42. The second-order valence-corrected chi connectivity index (χ2v) is 5.42. The third-order valence-electron chi connectivity index (χ3n) is 3.89. The summed E-state index contributed by atoms with van der Waals surface area (Å²) in [6.45, 7) is 5.27. The highest BCUT2D eigenvalue weighted by molar-refractivity contribution is 5.42. The Labute approximate surface area is 125 Å². The van der Waals surface area contributed by atoms with Gasteiger partial charge in [0.05, 0.1) is 5.69 Å². The number of para-hydroxylation sites is 1. The van der Waals surface area contributed by atoms with Gasteiger partial charge >= 0.3 is 0 Å². The van der Waals surface area contributed by atoms with Crippen molar-refractivity contribution in [2.45, 2.75) is 32.2 Å². The Morgan fingerprint density at radius 2 is 2.14 bits per heavy atom. The lowest BCUT2D eigenvalue weighted by atomic mass is 10.2. The summed E-state index contributed by atoms with van der Waals surface area (Å²) in [5.74, 6) is 0.849. The van der Waals surface area contributed by atoms with E-state index in [9.17, 15) is 0 Å². The first-order valence-electron chi connectivity index (χ1n) is 7.71. The second kappa shape index (κ2) is 6.67. The number of aromatic nitrogens is 4. The summed E-state index contributed by atoms with van der Waals surface area (Å²) in [7, 11) is 0. The molecule has 3 rings (SSSR count).